The second-order valence-corrected chi connectivity index (χ2v) is 4.00. The van der Waals surface area contributed by atoms with Crippen LogP contribution in [-0.2, 0) is 0 Å². The zero-order valence-electron chi connectivity index (χ0n) is 10.7. The fourth-order valence-electron chi connectivity index (χ4n) is 2.03. The van der Waals surface area contributed by atoms with Gasteiger partial charge in [0.2, 0.25) is 0 Å². The molecule has 0 amide bonds. The maximum Gasteiger partial charge on any atom is 0.168 e. The number of aryl methyl sites for hydroxylation is 1. The second kappa shape index (κ2) is 5.08. The Morgan fingerprint density at radius 1 is 0.944 bits per heavy atom. The van der Waals surface area contributed by atoms with Gasteiger partial charge in [-0.05, 0) is 36.2 Å². The van der Waals surface area contributed by atoms with Gasteiger partial charge >= 0.3 is 0 Å². The molecule has 0 aliphatic rings. The van der Waals surface area contributed by atoms with E-state index in [1.807, 2.05) is 25.1 Å². The van der Waals surface area contributed by atoms with Crippen LogP contribution in [0, 0.1) is 12.7 Å². The van der Waals surface area contributed by atoms with Crippen LogP contribution in [0.4, 0.5) is 4.39 Å². The summed E-state index contributed by atoms with van der Waals surface area (Å²) in [5.41, 5.74) is 2.70. The van der Waals surface area contributed by atoms with Gasteiger partial charge in [-0.3, -0.25) is 0 Å². The van der Waals surface area contributed by atoms with Crippen molar-refractivity contribution >= 4 is 0 Å². The zero-order chi connectivity index (χ0) is 13.1. The number of hydrogen-bond acceptors (Lipinski definition) is 2. The highest BCUT2D eigenvalue weighted by atomic mass is 19.1. The summed E-state index contributed by atoms with van der Waals surface area (Å²) >= 11 is 0. The minimum atomic E-state index is -0.238. The lowest BCUT2D eigenvalue weighted by Crippen LogP contribution is -1.94. The van der Waals surface area contributed by atoms with E-state index in [1.54, 1.807) is 20.3 Å². The van der Waals surface area contributed by atoms with Crippen LogP contribution in [0.25, 0.3) is 11.1 Å². The van der Waals surface area contributed by atoms with Gasteiger partial charge in [0.1, 0.15) is 5.82 Å². The maximum absolute atomic E-state index is 13.1. The fourth-order valence-corrected chi connectivity index (χ4v) is 2.03. The second-order valence-electron chi connectivity index (χ2n) is 4.00. The van der Waals surface area contributed by atoms with Crippen LogP contribution < -0.4 is 9.47 Å². The zero-order valence-corrected chi connectivity index (χ0v) is 10.7. The Balaban J connectivity index is 2.63. The third-order valence-corrected chi connectivity index (χ3v) is 2.88. The van der Waals surface area contributed by atoms with E-state index in [1.165, 1.54) is 12.1 Å². The number of methoxy groups -OCH3 is 2. The lowest BCUT2D eigenvalue weighted by Gasteiger charge is -2.14. The topological polar surface area (TPSA) is 18.5 Å². The molecule has 0 N–H and O–H groups in total. The predicted octanol–water partition coefficient (Wildman–Crippen LogP) is 3.82. The number of ether oxygens (including phenoxy) is 2. The summed E-state index contributed by atoms with van der Waals surface area (Å²) in [4.78, 5) is 0. The molecule has 2 rings (SSSR count). The van der Waals surface area contributed by atoms with Gasteiger partial charge in [-0.2, -0.15) is 0 Å². The molecule has 2 nitrogen and oxygen atoms in total. The lowest BCUT2D eigenvalue weighted by atomic mass is 9.99. The molecule has 0 aromatic heterocycles. The van der Waals surface area contributed by atoms with Crippen molar-refractivity contribution in [2.24, 2.45) is 0 Å². The van der Waals surface area contributed by atoms with Crippen LogP contribution >= 0.6 is 0 Å². The molecule has 0 saturated heterocycles. The molecule has 0 heterocycles. The molecule has 0 bridgehead atoms. The van der Waals surface area contributed by atoms with Crippen LogP contribution in [0.1, 0.15) is 5.56 Å². The first-order valence-electron chi connectivity index (χ1n) is 5.65. The Labute approximate surface area is 106 Å². The van der Waals surface area contributed by atoms with Crippen LogP contribution in [0.15, 0.2) is 36.4 Å². The molecule has 18 heavy (non-hydrogen) atoms. The molecule has 3 heteroatoms. The van der Waals surface area contributed by atoms with Crippen molar-refractivity contribution in [2.75, 3.05) is 14.2 Å². The van der Waals surface area contributed by atoms with Crippen molar-refractivity contribution in [3.63, 3.8) is 0 Å². The van der Waals surface area contributed by atoms with Crippen molar-refractivity contribution in [3.05, 3.63) is 47.8 Å². The normalized spacial score (nSPS) is 10.2. The minimum Gasteiger partial charge on any atom is -0.493 e. The average Bonchev–Trinajstić information content (AvgIpc) is 2.37. The van der Waals surface area contributed by atoms with E-state index >= 15 is 0 Å². The predicted molar refractivity (Wildman–Crippen MR) is 69.7 cm³/mol. The summed E-state index contributed by atoms with van der Waals surface area (Å²) in [6.07, 6.45) is 0. The Morgan fingerprint density at radius 2 is 1.72 bits per heavy atom. The third-order valence-electron chi connectivity index (χ3n) is 2.88. The van der Waals surface area contributed by atoms with Crippen molar-refractivity contribution in [1.29, 1.82) is 0 Å². The first-order chi connectivity index (χ1) is 8.67. The number of hydrogen-bond donors (Lipinski definition) is 0. The monoisotopic (exact) mass is 246 g/mol. The number of benzene rings is 2. The van der Waals surface area contributed by atoms with E-state index in [0.29, 0.717) is 11.5 Å². The molecule has 2 aromatic rings. The molecule has 0 radical (unpaired) electrons. The summed E-state index contributed by atoms with van der Waals surface area (Å²) in [5.74, 6) is 1.09. The number of rotatable bonds is 3. The molecule has 0 atom stereocenters. The Kier molecular flexibility index (Phi) is 3.51. The van der Waals surface area contributed by atoms with E-state index in [2.05, 4.69) is 0 Å². The van der Waals surface area contributed by atoms with Crippen molar-refractivity contribution in [2.45, 2.75) is 6.92 Å². The smallest absolute Gasteiger partial charge is 0.168 e. The fraction of sp³-hybridized carbons (Fsp3) is 0.200. The van der Waals surface area contributed by atoms with E-state index in [9.17, 15) is 4.39 Å². The van der Waals surface area contributed by atoms with Gasteiger partial charge in [0.15, 0.2) is 11.5 Å². The molecule has 0 fully saturated rings. The Bertz CT molecular complexity index is 564. The van der Waals surface area contributed by atoms with Gasteiger partial charge in [-0.1, -0.05) is 18.2 Å². The van der Waals surface area contributed by atoms with Gasteiger partial charge in [0.05, 0.1) is 14.2 Å². The summed E-state index contributed by atoms with van der Waals surface area (Å²) < 4.78 is 23.8. The highest BCUT2D eigenvalue weighted by molar-refractivity contribution is 5.76. The molecular formula is C15H15FO2. The van der Waals surface area contributed by atoms with Gasteiger partial charge in [0, 0.05) is 5.56 Å². The maximum atomic E-state index is 13.1. The molecule has 0 unspecified atom stereocenters. The molecule has 0 spiro atoms. The summed E-state index contributed by atoms with van der Waals surface area (Å²) in [5, 5.41) is 0. The van der Waals surface area contributed by atoms with Gasteiger partial charge in [0.25, 0.3) is 0 Å². The van der Waals surface area contributed by atoms with E-state index in [4.69, 9.17) is 9.47 Å². The highest BCUT2D eigenvalue weighted by Gasteiger charge is 2.13. The average molecular weight is 246 g/mol. The van der Waals surface area contributed by atoms with Crippen molar-refractivity contribution in [1.82, 2.24) is 0 Å². The quantitative estimate of drug-likeness (QED) is 0.819. The SMILES string of the molecule is COc1cccc(-c2ccc(F)cc2C)c1OC. The number of para-hydroxylation sites is 1. The van der Waals surface area contributed by atoms with E-state index in [-0.39, 0.29) is 5.82 Å². The number of halogens is 1. The standard InChI is InChI=1S/C15H15FO2/c1-10-9-11(16)7-8-12(10)13-5-4-6-14(17-2)15(13)18-3/h4-9H,1-3H3. The third kappa shape index (κ3) is 2.16. The van der Waals surface area contributed by atoms with Gasteiger partial charge in [-0.15, -0.1) is 0 Å². The van der Waals surface area contributed by atoms with Crippen molar-refractivity contribution < 1.29 is 13.9 Å². The Morgan fingerprint density at radius 3 is 2.33 bits per heavy atom. The summed E-state index contributed by atoms with van der Waals surface area (Å²) in [7, 11) is 3.19. The van der Waals surface area contributed by atoms with Crippen LogP contribution in [0.5, 0.6) is 11.5 Å². The largest absolute Gasteiger partial charge is 0.493 e. The first kappa shape index (κ1) is 12.4. The molecule has 0 saturated carbocycles. The Hall–Kier alpha value is -2.03. The first-order valence-corrected chi connectivity index (χ1v) is 5.65. The molecule has 0 aliphatic carbocycles. The molecular weight excluding hydrogens is 231 g/mol. The van der Waals surface area contributed by atoms with Crippen LogP contribution in [-0.4, -0.2) is 14.2 Å². The molecule has 2 aromatic carbocycles. The van der Waals surface area contributed by atoms with Gasteiger partial charge < -0.3 is 9.47 Å². The van der Waals surface area contributed by atoms with E-state index in [0.717, 1.165) is 16.7 Å². The lowest BCUT2D eigenvalue weighted by molar-refractivity contribution is 0.356. The summed E-state index contributed by atoms with van der Waals surface area (Å²) in [6.45, 7) is 1.87. The molecule has 94 valence electrons. The van der Waals surface area contributed by atoms with Crippen molar-refractivity contribution in [3.8, 4) is 22.6 Å². The van der Waals surface area contributed by atoms with Crippen LogP contribution in [0.3, 0.4) is 0 Å². The minimum absolute atomic E-state index is 0.238. The van der Waals surface area contributed by atoms with E-state index < -0.39 is 0 Å². The molecule has 0 aliphatic heterocycles. The van der Waals surface area contributed by atoms with Gasteiger partial charge in [-0.25, -0.2) is 4.39 Å². The van der Waals surface area contributed by atoms with Crippen LogP contribution in [0.2, 0.25) is 0 Å². The summed E-state index contributed by atoms with van der Waals surface area (Å²) in [6, 6.07) is 10.4. The highest BCUT2D eigenvalue weighted by Crippen LogP contribution is 2.38.